The van der Waals surface area contributed by atoms with Crippen molar-refractivity contribution in [3.8, 4) is 5.75 Å². The van der Waals surface area contributed by atoms with Crippen LogP contribution in [0.1, 0.15) is 30.9 Å². The van der Waals surface area contributed by atoms with Crippen molar-refractivity contribution in [2.45, 2.75) is 39.3 Å². The van der Waals surface area contributed by atoms with Gasteiger partial charge in [-0.1, -0.05) is 29.8 Å². The van der Waals surface area contributed by atoms with Crippen LogP contribution >= 0.6 is 0 Å². The van der Waals surface area contributed by atoms with Gasteiger partial charge in [0.1, 0.15) is 18.2 Å². The number of amides is 1. The summed E-state index contributed by atoms with van der Waals surface area (Å²) in [5, 5.41) is 3.08. The molecule has 0 radical (unpaired) electrons. The normalized spacial score (nSPS) is 18.5. The molecule has 4 nitrogen and oxygen atoms in total. The van der Waals surface area contributed by atoms with Gasteiger partial charge in [0, 0.05) is 13.1 Å². The molecule has 0 aliphatic carbocycles. The molecule has 3 rings (SSSR count). The summed E-state index contributed by atoms with van der Waals surface area (Å²) in [6.45, 7) is 6.89. The van der Waals surface area contributed by atoms with Gasteiger partial charge in [-0.15, -0.1) is 0 Å². The van der Waals surface area contributed by atoms with Crippen LogP contribution in [0.2, 0.25) is 0 Å². The van der Waals surface area contributed by atoms with Gasteiger partial charge in [0.25, 0.3) is 0 Å². The Kier molecular flexibility index (Phi) is 7.04. The summed E-state index contributed by atoms with van der Waals surface area (Å²) in [7, 11) is 0. The highest BCUT2D eigenvalue weighted by atomic mass is 19.1. The molecule has 1 heterocycles. The largest absolute Gasteiger partial charge is 0.491 e. The van der Waals surface area contributed by atoms with E-state index in [0.717, 1.165) is 43.8 Å². The standard InChI is InChI=1S/C23H29FN2O2/c1-17-5-11-22(12-6-17)28-16-18(2)25-23(27)20-4-3-13-26(15-20)14-19-7-9-21(24)10-8-19/h5-12,18,20H,3-4,13-16H2,1-2H3,(H,25,27)/t18-,20+/m1/s1. The van der Waals surface area contributed by atoms with Crippen molar-refractivity contribution >= 4 is 5.91 Å². The fourth-order valence-electron chi connectivity index (χ4n) is 3.52. The van der Waals surface area contributed by atoms with Gasteiger partial charge in [-0.2, -0.15) is 0 Å². The Balaban J connectivity index is 1.45. The minimum atomic E-state index is -0.221. The minimum absolute atomic E-state index is 0.0176. The number of hydrogen-bond donors (Lipinski definition) is 1. The van der Waals surface area contributed by atoms with Crippen LogP contribution in [0.5, 0.6) is 5.75 Å². The molecule has 28 heavy (non-hydrogen) atoms. The van der Waals surface area contributed by atoms with Gasteiger partial charge >= 0.3 is 0 Å². The van der Waals surface area contributed by atoms with Crippen LogP contribution in [-0.2, 0) is 11.3 Å². The summed E-state index contributed by atoms with van der Waals surface area (Å²) in [5.74, 6) is 0.663. The molecule has 1 aliphatic heterocycles. The van der Waals surface area contributed by atoms with Crippen LogP contribution in [0.15, 0.2) is 48.5 Å². The maximum absolute atomic E-state index is 13.1. The third-order valence-electron chi connectivity index (χ3n) is 5.11. The van der Waals surface area contributed by atoms with Crippen molar-refractivity contribution in [1.29, 1.82) is 0 Å². The monoisotopic (exact) mass is 384 g/mol. The Morgan fingerprint density at radius 1 is 1.21 bits per heavy atom. The number of nitrogens with zero attached hydrogens (tertiary/aromatic N) is 1. The second kappa shape index (κ2) is 9.69. The molecule has 1 saturated heterocycles. The van der Waals surface area contributed by atoms with E-state index in [9.17, 15) is 9.18 Å². The number of benzene rings is 2. The lowest BCUT2D eigenvalue weighted by molar-refractivity contribution is -0.127. The first-order valence-corrected chi connectivity index (χ1v) is 9.96. The number of nitrogens with one attached hydrogen (secondary N) is 1. The van der Waals surface area contributed by atoms with Gasteiger partial charge < -0.3 is 10.1 Å². The Labute approximate surface area is 166 Å². The fraction of sp³-hybridized carbons (Fsp3) is 0.435. The molecule has 0 saturated carbocycles. The summed E-state index contributed by atoms with van der Waals surface area (Å²) in [6, 6.07) is 14.4. The van der Waals surface area contributed by atoms with E-state index in [-0.39, 0.29) is 23.7 Å². The first-order chi connectivity index (χ1) is 13.5. The predicted octanol–water partition coefficient (Wildman–Crippen LogP) is 3.93. The molecule has 0 unspecified atom stereocenters. The molecule has 2 atom stereocenters. The molecule has 0 bridgehead atoms. The fourth-order valence-corrected chi connectivity index (χ4v) is 3.52. The average Bonchev–Trinajstić information content (AvgIpc) is 2.69. The maximum Gasteiger partial charge on any atom is 0.224 e. The lowest BCUT2D eigenvalue weighted by Gasteiger charge is -2.32. The van der Waals surface area contributed by atoms with Crippen LogP contribution in [-0.4, -0.2) is 36.5 Å². The lowest BCUT2D eigenvalue weighted by atomic mass is 9.96. The average molecular weight is 384 g/mol. The smallest absolute Gasteiger partial charge is 0.224 e. The first-order valence-electron chi connectivity index (χ1n) is 9.96. The van der Waals surface area contributed by atoms with Crippen LogP contribution in [0.25, 0.3) is 0 Å². The predicted molar refractivity (Wildman–Crippen MR) is 109 cm³/mol. The Morgan fingerprint density at radius 2 is 1.93 bits per heavy atom. The van der Waals surface area contributed by atoms with Crippen molar-refractivity contribution in [1.82, 2.24) is 10.2 Å². The minimum Gasteiger partial charge on any atom is -0.491 e. The van der Waals surface area contributed by atoms with E-state index in [1.54, 1.807) is 0 Å². The Hall–Kier alpha value is -2.40. The van der Waals surface area contributed by atoms with Gasteiger partial charge in [-0.25, -0.2) is 4.39 Å². The molecule has 1 fully saturated rings. The maximum atomic E-state index is 13.1. The van der Waals surface area contributed by atoms with Gasteiger partial charge in [-0.3, -0.25) is 9.69 Å². The summed E-state index contributed by atoms with van der Waals surface area (Å²) in [5.41, 5.74) is 2.26. The quantitative estimate of drug-likeness (QED) is 0.786. The van der Waals surface area contributed by atoms with Gasteiger partial charge in [-0.05, 0) is 63.1 Å². The summed E-state index contributed by atoms with van der Waals surface area (Å²) >= 11 is 0. The highest BCUT2D eigenvalue weighted by molar-refractivity contribution is 5.79. The molecule has 1 aliphatic rings. The number of halogens is 1. The molecule has 1 N–H and O–H groups in total. The molecule has 1 amide bonds. The van der Waals surface area contributed by atoms with E-state index in [2.05, 4.69) is 10.2 Å². The Bertz CT molecular complexity index is 761. The number of carbonyl (C=O) groups is 1. The van der Waals surface area contributed by atoms with Crippen molar-refractivity contribution < 1.29 is 13.9 Å². The number of ether oxygens (including phenoxy) is 1. The van der Waals surface area contributed by atoms with Gasteiger partial charge in [0.15, 0.2) is 0 Å². The number of hydrogen-bond acceptors (Lipinski definition) is 3. The van der Waals surface area contributed by atoms with Crippen LogP contribution < -0.4 is 10.1 Å². The topological polar surface area (TPSA) is 41.6 Å². The highest BCUT2D eigenvalue weighted by Gasteiger charge is 2.26. The SMILES string of the molecule is Cc1ccc(OC[C@@H](C)NC(=O)[C@H]2CCCN(Cc3ccc(F)cc3)C2)cc1. The van der Waals surface area contributed by atoms with Crippen LogP contribution in [0, 0.1) is 18.7 Å². The molecule has 5 heteroatoms. The van der Waals surface area contributed by atoms with Gasteiger partial charge in [0.05, 0.1) is 12.0 Å². The molecule has 150 valence electrons. The van der Waals surface area contributed by atoms with E-state index in [0.29, 0.717) is 6.61 Å². The zero-order valence-electron chi connectivity index (χ0n) is 16.7. The summed E-state index contributed by atoms with van der Waals surface area (Å²) in [6.07, 6.45) is 1.89. The number of aryl methyl sites for hydroxylation is 1. The second-order valence-electron chi connectivity index (χ2n) is 7.73. The van der Waals surface area contributed by atoms with E-state index >= 15 is 0 Å². The van der Waals surface area contributed by atoms with E-state index < -0.39 is 0 Å². The highest BCUT2D eigenvalue weighted by Crippen LogP contribution is 2.19. The summed E-state index contributed by atoms with van der Waals surface area (Å²) in [4.78, 5) is 14.9. The number of rotatable bonds is 7. The number of carbonyl (C=O) groups excluding carboxylic acids is 1. The van der Waals surface area contributed by atoms with Crippen molar-refractivity contribution in [2.24, 2.45) is 5.92 Å². The van der Waals surface area contributed by atoms with E-state index in [1.807, 2.05) is 50.2 Å². The zero-order chi connectivity index (χ0) is 19.9. The molecular formula is C23H29FN2O2. The molecular weight excluding hydrogens is 355 g/mol. The lowest BCUT2D eigenvalue weighted by Crippen LogP contribution is -2.46. The van der Waals surface area contributed by atoms with E-state index in [4.69, 9.17) is 4.74 Å². The number of piperidine rings is 1. The van der Waals surface area contributed by atoms with Crippen molar-refractivity contribution in [3.63, 3.8) is 0 Å². The third kappa shape index (κ3) is 6.06. The van der Waals surface area contributed by atoms with E-state index in [1.165, 1.54) is 17.7 Å². The molecule has 2 aromatic carbocycles. The zero-order valence-corrected chi connectivity index (χ0v) is 16.7. The number of likely N-dealkylation sites (tertiary alicyclic amines) is 1. The van der Waals surface area contributed by atoms with Crippen molar-refractivity contribution in [2.75, 3.05) is 19.7 Å². The third-order valence-corrected chi connectivity index (χ3v) is 5.11. The van der Waals surface area contributed by atoms with Crippen molar-refractivity contribution in [3.05, 3.63) is 65.5 Å². The molecule has 0 aromatic heterocycles. The molecule has 0 spiro atoms. The van der Waals surface area contributed by atoms with Crippen LogP contribution in [0.4, 0.5) is 4.39 Å². The second-order valence-corrected chi connectivity index (χ2v) is 7.73. The first kappa shape index (κ1) is 20.3. The van der Waals surface area contributed by atoms with Gasteiger partial charge in [0.2, 0.25) is 5.91 Å². The van der Waals surface area contributed by atoms with Crippen LogP contribution in [0.3, 0.4) is 0 Å². The summed E-state index contributed by atoms with van der Waals surface area (Å²) < 4.78 is 18.8. The molecule has 2 aromatic rings. The Morgan fingerprint density at radius 3 is 2.64 bits per heavy atom.